The molecular weight excluding hydrogens is 653 g/mol. The van der Waals surface area contributed by atoms with Gasteiger partial charge in [0.1, 0.15) is 0 Å². The van der Waals surface area contributed by atoms with E-state index < -0.39 is 0 Å². The molecule has 0 N–H and O–H groups in total. The predicted octanol–water partition coefficient (Wildman–Crippen LogP) is 5.88. The van der Waals surface area contributed by atoms with Crippen LogP contribution >= 0.6 is 24.7 Å². The Balaban J connectivity index is -0.000000102. The van der Waals surface area contributed by atoms with Crippen LogP contribution in [0.5, 0.6) is 0 Å². The summed E-state index contributed by atoms with van der Waals surface area (Å²) in [7, 11) is 0.725. The Labute approximate surface area is 208 Å². The number of hydrogen-bond acceptors (Lipinski definition) is 1. The van der Waals surface area contributed by atoms with Crippen molar-refractivity contribution < 1.29 is 44.3 Å². The van der Waals surface area contributed by atoms with E-state index in [2.05, 4.69) is 101 Å². The van der Waals surface area contributed by atoms with Gasteiger partial charge < -0.3 is 0 Å². The Morgan fingerprint density at radius 2 is 0.935 bits per heavy atom. The normalized spacial score (nSPS) is 12.7. The van der Waals surface area contributed by atoms with Crippen molar-refractivity contribution in [3.05, 3.63) is 95.8 Å². The van der Waals surface area contributed by atoms with Crippen LogP contribution in [0.4, 0.5) is 0 Å². The van der Waals surface area contributed by atoms with Gasteiger partial charge in [0.25, 0.3) is 0 Å². The predicted molar refractivity (Wildman–Crippen MR) is 114 cm³/mol. The minimum absolute atomic E-state index is 0. The first kappa shape index (κ1) is 40.1. The van der Waals surface area contributed by atoms with Crippen molar-refractivity contribution in [1.82, 2.24) is 0 Å². The molecule has 2 aliphatic rings. The maximum atomic E-state index is 7.50. The van der Waals surface area contributed by atoms with Gasteiger partial charge in [-0.2, -0.15) is 0 Å². The smallest absolute Gasteiger partial charge is 0 e. The van der Waals surface area contributed by atoms with Crippen LogP contribution in [0.15, 0.2) is 55.8 Å². The molecule has 1 radical (unpaired) electrons. The van der Waals surface area contributed by atoms with Gasteiger partial charge in [-0.3, -0.25) is 4.76 Å². The maximum absolute atomic E-state index is 7.50. The van der Waals surface area contributed by atoms with Gasteiger partial charge in [-0.1, -0.05) is 46.1 Å². The summed E-state index contributed by atoms with van der Waals surface area (Å²) in [4.78, 5) is 0. The van der Waals surface area contributed by atoms with Crippen LogP contribution in [0, 0.1) is 39.2 Å². The second-order valence-corrected chi connectivity index (χ2v) is 7.04. The Kier molecular flexibility index (Phi) is 34.5. The molecule has 1 aliphatic carbocycles. The fraction of sp³-hybridized carbons (Fsp3) is 0.227. The molecule has 0 amide bonds. The third-order valence-electron chi connectivity index (χ3n) is 4.15. The van der Waals surface area contributed by atoms with Crippen LogP contribution < -0.4 is 0 Å². The van der Waals surface area contributed by atoms with Gasteiger partial charge in [0.05, 0.1) is 14.2 Å². The average Bonchev–Trinajstić information content (AvgIpc) is 3.67. The van der Waals surface area contributed by atoms with Crippen molar-refractivity contribution in [2.75, 3.05) is 0 Å². The molecule has 0 bridgehead atoms. The van der Waals surface area contributed by atoms with Crippen molar-refractivity contribution in [3.63, 3.8) is 0 Å². The maximum Gasteiger partial charge on any atom is 0 e. The number of benzene rings is 1. The fourth-order valence-electron chi connectivity index (χ4n) is 2.17. The Morgan fingerprint density at radius 1 is 0.645 bits per heavy atom. The summed E-state index contributed by atoms with van der Waals surface area (Å²) in [5.74, 6) is 1.47. The molecule has 6 nitrogen and oxygen atoms in total. The summed E-state index contributed by atoms with van der Waals surface area (Å²) < 4.78 is 42.8. The van der Waals surface area contributed by atoms with E-state index in [4.69, 9.17) is 23.3 Å². The van der Waals surface area contributed by atoms with Gasteiger partial charge in [0.15, 0.2) is 0 Å². The van der Waals surface area contributed by atoms with Gasteiger partial charge >= 0.3 is 56.5 Å². The van der Waals surface area contributed by atoms with Crippen LogP contribution in [0.1, 0.15) is 40.2 Å². The molecule has 0 fully saturated rings. The van der Waals surface area contributed by atoms with Crippen LogP contribution in [-0.2, 0) is 44.3 Å². The van der Waals surface area contributed by atoms with Crippen molar-refractivity contribution >= 4 is 30.1 Å². The quantitative estimate of drug-likeness (QED) is 0.202. The number of halogens is 1. The molecule has 31 heavy (non-hydrogen) atoms. The Hall–Kier alpha value is -1.33. The fourth-order valence-corrected chi connectivity index (χ4v) is 2.92. The molecule has 3 rings (SSSR count). The molecule has 1 unspecified atom stereocenters. The first-order valence-corrected chi connectivity index (χ1v) is 9.47. The van der Waals surface area contributed by atoms with E-state index in [-0.39, 0.29) is 21.1 Å². The molecule has 0 saturated carbocycles. The van der Waals surface area contributed by atoms with Gasteiger partial charge in [0.2, 0.25) is 0 Å². The number of hydrogen-bond donors (Lipinski definition) is 0. The first-order valence-electron chi connectivity index (χ1n) is 7.73. The zero-order valence-corrected chi connectivity index (χ0v) is 23.1. The standard InChI is InChI=1S/C10H15.C7H5BrNP.5CO.W/c1-6-7(2)9(4)10(5)8(6)3;8-6-3-1-5(2-4-6)7-9-10-7;5*1-2;/h1-5H3;1-4,10H;;;;;;. The molecule has 1 atom stereocenters. The average molecular weight is 673 g/mol. The molecule has 9 heteroatoms. The number of rotatable bonds is 1. The van der Waals surface area contributed by atoms with Crippen molar-refractivity contribution in [3.8, 4) is 0 Å². The van der Waals surface area contributed by atoms with Gasteiger partial charge in [-0.05, 0) is 51.0 Å². The largest absolute Gasteiger partial charge is 0 e. The summed E-state index contributed by atoms with van der Waals surface area (Å²) in [6.45, 7) is 33.5. The molecule has 161 valence electrons. The molecule has 0 aromatic heterocycles. The SMILES string of the molecule is Brc1ccc(C2=NP2)cc1.C[C]1C(C)=C(C)C(C)=C1C.[C-]#[O+].[C-]#[O+].[C-]#[O+].[C-]#[O+].[C-]#[O+].[W]. The minimum atomic E-state index is 0. The topological polar surface area (TPSA) is 112 Å². The summed E-state index contributed by atoms with van der Waals surface area (Å²) in [5, 5.41) is 0. The molecule has 0 saturated heterocycles. The Bertz CT molecular complexity index is 775. The summed E-state index contributed by atoms with van der Waals surface area (Å²) in [6.07, 6.45) is 0. The second-order valence-electron chi connectivity index (χ2n) is 5.20. The molecule has 1 heterocycles. The summed E-state index contributed by atoms with van der Waals surface area (Å²) in [6, 6.07) is 8.26. The van der Waals surface area contributed by atoms with E-state index in [1.54, 1.807) is 0 Å². The van der Waals surface area contributed by atoms with Crippen LogP contribution in [0.3, 0.4) is 0 Å². The summed E-state index contributed by atoms with van der Waals surface area (Å²) >= 11 is 3.38. The summed E-state index contributed by atoms with van der Waals surface area (Å²) in [5.41, 5.74) is 8.39. The molecular formula is C22H20BrNO5PW. The van der Waals surface area contributed by atoms with E-state index in [0.29, 0.717) is 0 Å². The third-order valence-corrected chi connectivity index (χ3v) is 5.42. The second kappa shape index (κ2) is 26.7. The molecule has 1 aromatic carbocycles. The zero-order chi connectivity index (χ0) is 24.9. The number of nitrogens with zero attached hydrogens (tertiary/aromatic N) is 1. The van der Waals surface area contributed by atoms with Crippen LogP contribution in [-0.4, -0.2) is 5.45 Å². The number of allylic oxidation sites excluding steroid dienone is 4. The van der Waals surface area contributed by atoms with Gasteiger partial charge in [-0.15, -0.1) is 0 Å². The van der Waals surface area contributed by atoms with E-state index in [0.717, 1.165) is 13.2 Å². The van der Waals surface area contributed by atoms with E-state index >= 15 is 0 Å². The molecule has 1 aliphatic heterocycles. The monoisotopic (exact) mass is 672 g/mol. The minimum Gasteiger partial charge on any atom is 0 e. The van der Waals surface area contributed by atoms with E-state index in [1.807, 2.05) is 12.1 Å². The first-order chi connectivity index (χ1) is 14.4. The molecule has 1 aromatic rings. The van der Waals surface area contributed by atoms with Crippen LogP contribution in [0.2, 0.25) is 0 Å². The van der Waals surface area contributed by atoms with Gasteiger partial charge in [0, 0.05) is 37.0 Å². The van der Waals surface area contributed by atoms with Gasteiger partial charge in [-0.25, -0.2) is 0 Å². The van der Waals surface area contributed by atoms with Crippen molar-refractivity contribution in [1.29, 1.82) is 0 Å². The van der Waals surface area contributed by atoms with Crippen molar-refractivity contribution in [2.45, 2.75) is 34.6 Å². The van der Waals surface area contributed by atoms with Crippen LogP contribution in [0.25, 0.3) is 0 Å². The van der Waals surface area contributed by atoms with Crippen molar-refractivity contribution in [2.24, 2.45) is 4.76 Å². The van der Waals surface area contributed by atoms with E-state index in [1.165, 1.54) is 39.2 Å². The zero-order valence-electron chi connectivity index (χ0n) is 17.6. The van der Waals surface area contributed by atoms with E-state index in [9.17, 15) is 0 Å². The molecule has 0 spiro atoms. The Morgan fingerprint density at radius 3 is 1.13 bits per heavy atom. The third kappa shape index (κ3) is 16.0.